The van der Waals surface area contributed by atoms with Gasteiger partial charge in [-0.2, -0.15) is 0 Å². The van der Waals surface area contributed by atoms with Gasteiger partial charge < -0.3 is 22.1 Å². The molecular weight excluding hydrogens is 364 g/mol. The Labute approximate surface area is 161 Å². The summed E-state index contributed by atoms with van der Waals surface area (Å²) in [6.07, 6.45) is 4.38. The van der Waals surface area contributed by atoms with E-state index >= 15 is 0 Å². The molecule has 1 aliphatic rings. The molecule has 6 nitrogen and oxygen atoms in total. The quantitative estimate of drug-likeness (QED) is 0.605. The fourth-order valence-electron chi connectivity index (χ4n) is 2.72. The van der Waals surface area contributed by atoms with Crippen LogP contribution in [0.5, 0.6) is 0 Å². The Morgan fingerprint density at radius 2 is 1.22 bits per heavy atom. The van der Waals surface area contributed by atoms with Gasteiger partial charge in [0.05, 0.1) is 0 Å². The molecule has 138 valence electrons. The standard InChI is InChI=1S/C20H19ClN4O2/c21-16-11-12-19(22,24-17(26)14-7-3-1-4-8-14)20(23,13-16)25-18(27)15-9-5-2-6-10-15/h1-13H,22-23H2,(H,24,26)(H,25,27). The van der Waals surface area contributed by atoms with Crippen molar-refractivity contribution in [1.29, 1.82) is 0 Å². The maximum Gasteiger partial charge on any atom is 0.253 e. The molecule has 6 N–H and O–H groups in total. The van der Waals surface area contributed by atoms with Gasteiger partial charge in [-0.3, -0.25) is 9.59 Å². The molecular formula is C20H19ClN4O2. The second kappa shape index (κ2) is 7.36. The molecule has 7 heteroatoms. The second-order valence-electron chi connectivity index (χ2n) is 6.24. The van der Waals surface area contributed by atoms with Gasteiger partial charge in [0.25, 0.3) is 11.8 Å². The summed E-state index contributed by atoms with van der Waals surface area (Å²) in [4.78, 5) is 25.2. The number of amides is 2. The Morgan fingerprint density at radius 3 is 1.70 bits per heavy atom. The van der Waals surface area contributed by atoms with Crippen LogP contribution >= 0.6 is 11.6 Å². The topological polar surface area (TPSA) is 110 Å². The minimum absolute atomic E-state index is 0.292. The summed E-state index contributed by atoms with van der Waals surface area (Å²) in [7, 11) is 0. The Balaban J connectivity index is 1.89. The number of halogens is 1. The van der Waals surface area contributed by atoms with Crippen LogP contribution in [0.2, 0.25) is 0 Å². The Morgan fingerprint density at radius 1 is 0.778 bits per heavy atom. The Bertz CT molecular complexity index is 914. The number of hydrogen-bond donors (Lipinski definition) is 4. The van der Waals surface area contributed by atoms with Crippen molar-refractivity contribution >= 4 is 23.4 Å². The summed E-state index contributed by atoms with van der Waals surface area (Å²) in [5, 5.41) is 5.66. The number of benzene rings is 2. The third-order valence-corrected chi connectivity index (χ3v) is 4.50. The van der Waals surface area contributed by atoms with E-state index in [0.717, 1.165) is 0 Å². The van der Waals surface area contributed by atoms with Gasteiger partial charge in [-0.1, -0.05) is 48.0 Å². The highest BCUT2D eigenvalue weighted by atomic mass is 35.5. The molecule has 0 bridgehead atoms. The van der Waals surface area contributed by atoms with Gasteiger partial charge in [-0.15, -0.1) is 0 Å². The van der Waals surface area contributed by atoms with Crippen molar-refractivity contribution in [3.63, 3.8) is 0 Å². The number of nitrogens with two attached hydrogens (primary N) is 2. The zero-order valence-corrected chi connectivity index (χ0v) is 15.1. The monoisotopic (exact) mass is 382 g/mol. The van der Waals surface area contributed by atoms with E-state index in [0.29, 0.717) is 16.2 Å². The number of carbonyl (C=O) groups is 2. The van der Waals surface area contributed by atoms with Crippen molar-refractivity contribution in [3.05, 3.63) is 95.1 Å². The van der Waals surface area contributed by atoms with Crippen LogP contribution in [-0.2, 0) is 0 Å². The maximum absolute atomic E-state index is 12.6. The van der Waals surface area contributed by atoms with E-state index in [9.17, 15) is 9.59 Å². The van der Waals surface area contributed by atoms with Crippen LogP contribution in [0.3, 0.4) is 0 Å². The Hall–Kier alpha value is -2.93. The Kier molecular flexibility index (Phi) is 5.14. The lowest BCUT2D eigenvalue weighted by atomic mass is 9.88. The van der Waals surface area contributed by atoms with Crippen LogP contribution < -0.4 is 22.1 Å². The number of hydrogen-bond acceptors (Lipinski definition) is 4. The molecule has 0 aromatic heterocycles. The third kappa shape index (κ3) is 3.93. The molecule has 2 unspecified atom stereocenters. The van der Waals surface area contributed by atoms with Crippen LogP contribution in [0.25, 0.3) is 0 Å². The molecule has 2 atom stereocenters. The first-order valence-electron chi connectivity index (χ1n) is 8.23. The van der Waals surface area contributed by atoms with Crippen LogP contribution in [0.4, 0.5) is 0 Å². The van der Waals surface area contributed by atoms with Crippen molar-refractivity contribution in [1.82, 2.24) is 10.6 Å². The van der Waals surface area contributed by atoms with E-state index in [1.54, 1.807) is 60.7 Å². The molecule has 0 fully saturated rings. The lowest BCUT2D eigenvalue weighted by molar-refractivity contribution is 0.0802. The molecule has 27 heavy (non-hydrogen) atoms. The zero-order chi connectivity index (χ0) is 19.5. The predicted molar refractivity (Wildman–Crippen MR) is 105 cm³/mol. The van der Waals surface area contributed by atoms with Crippen LogP contribution in [0, 0.1) is 0 Å². The van der Waals surface area contributed by atoms with Crippen LogP contribution in [0.1, 0.15) is 20.7 Å². The van der Waals surface area contributed by atoms with E-state index in [1.807, 2.05) is 0 Å². The summed E-state index contributed by atoms with van der Waals surface area (Å²) in [5.41, 5.74) is 10.4. The first-order valence-corrected chi connectivity index (χ1v) is 8.61. The third-order valence-electron chi connectivity index (χ3n) is 4.27. The van der Waals surface area contributed by atoms with E-state index in [2.05, 4.69) is 10.6 Å². The smallest absolute Gasteiger partial charge is 0.253 e. The molecule has 1 aliphatic carbocycles. The molecule has 0 aliphatic heterocycles. The number of rotatable bonds is 4. The first-order chi connectivity index (χ1) is 12.8. The summed E-state index contributed by atoms with van der Waals surface area (Å²) < 4.78 is 0. The van der Waals surface area contributed by atoms with Crippen molar-refractivity contribution in [3.8, 4) is 0 Å². The highest BCUT2D eigenvalue weighted by Crippen LogP contribution is 2.26. The van der Waals surface area contributed by atoms with Gasteiger partial charge in [0, 0.05) is 16.2 Å². The summed E-state index contributed by atoms with van der Waals surface area (Å²) in [6.45, 7) is 0. The van der Waals surface area contributed by atoms with E-state index in [4.69, 9.17) is 23.1 Å². The fourth-order valence-corrected chi connectivity index (χ4v) is 2.95. The van der Waals surface area contributed by atoms with Gasteiger partial charge in [0.15, 0.2) is 5.66 Å². The minimum Gasteiger partial charge on any atom is -0.327 e. The minimum atomic E-state index is -1.64. The molecule has 0 saturated carbocycles. The molecule has 0 saturated heterocycles. The normalized spacial score (nSPS) is 24.0. The molecule has 0 heterocycles. The van der Waals surface area contributed by atoms with Crippen LogP contribution in [-0.4, -0.2) is 23.1 Å². The number of nitrogens with one attached hydrogen (secondary N) is 2. The second-order valence-corrected chi connectivity index (χ2v) is 6.68. The van der Waals surface area contributed by atoms with Gasteiger partial charge >= 0.3 is 0 Å². The largest absolute Gasteiger partial charge is 0.327 e. The molecule has 2 amide bonds. The maximum atomic E-state index is 12.6. The van der Waals surface area contributed by atoms with Gasteiger partial charge in [0.1, 0.15) is 5.66 Å². The average Bonchev–Trinajstić information content (AvgIpc) is 2.66. The molecule has 3 rings (SSSR count). The molecule has 0 radical (unpaired) electrons. The number of allylic oxidation sites excluding steroid dienone is 2. The lowest BCUT2D eigenvalue weighted by Crippen LogP contribution is -2.79. The molecule has 2 aromatic rings. The molecule has 0 spiro atoms. The van der Waals surface area contributed by atoms with Crippen molar-refractivity contribution in [2.45, 2.75) is 11.3 Å². The average molecular weight is 383 g/mol. The lowest BCUT2D eigenvalue weighted by Gasteiger charge is -2.44. The fraction of sp³-hybridized carbons (Fsp3) is 0.100. The highest BCUT2D eigenvalue weighted by molar-refractivity contribution is 6.31. The SMILES string of the molecule is NC1(NC(=O)c2ccccc2)C=CC(Cl)=CC1(N)NC(=O)c1ccccc1. The van der Waals surface area contributed by atoms with Gasteiger partial charge in [-0.25, -0.2) is 0 Å². The number of carbonyl (C=O) groups excluding carboxylic acids is 2. The molecule has 2 aromatic carbocycles. The van der Waals surface area contributed by atoms with E-state index in [-0.39, 0.29) is 0 Å². The van der Waals surface area contributed by atoms with Crippen molar-refractivity contribution < 1.29 is 9.59 Å². The summed E-state index contributed by atoms with van der Waals surface area (Å²) >= 11 is 6.09. The summed E-state index contributed by atoms with van der Waals surface area (Å²) in [6, 6.07) is 17.1. The van der Waals surface area contributed by atoms with Gasteiger partial charge in [-0.05, 0) is 42.5 Å². The van der Waals surface area contributed by atoms with E-state index in [1.165, 1.54) is 18.2 Å². The first kappa shape index (κ1) is 18.8. The van der Waals surface area contributed by atoms with Crippen molar-refractivity contribution in [2.75, 3.05) is 0 Å². The van der Waals surface area contributed by atoms with Crippen molar-refractivity contribution in [2.24, 2.45) is 11.5 Å². The van der Waals surface area contributed by atoms with Crippen LogP contribution in [0.15, 0.2) is 83.9 Å². The zero-order valence-electron chi connectivity index (χ0n) is 14.4. The van der Waals surface area contributed by atoms with E-state index < -0.39 is 23.1 Å². The predicted octanol–water partition coefficient (Wildman–Crippen LogP) is 1.85. The summed E-state index contributed by atoms with van der Waals surface area (Å²) in [5.74, 6) is -0.879. The highest BCUT2D eigenvalue weighted by Gasteiger charge is 2.47. The van der Waals surface area contributed by atoms with Gasteiger partial charge in [0.2, 0.25) is 0 Å².